The fraction of sp³-hybridized carbons (Fsp3) is 0.467. The molecule has 4 nitrogen and oxygen atoms in total. The van der Waals surface area contributed by atoms with Gasteiger partial charge >= 0.3 is 5.97 Å². The average molecular weight is 360 g/mol. The van der Waals surface area contributed by atoms with Gasteiger partial charge in [0.1, 0.15) is 11.9 Å². The summed E-state index contributed by atoms with van der Waals surface area (Å²) in [5, 5.41) is 11.6. The summed E-state index contributed by atoms with van der Waals surface area (Å²) in [6.45, 7) is 3.79. The van der Waals surface area contributed by atoms with E-state index >= 15 is 0 Å². The summed E-state index contributed by atoms with van der Waals surface area (Å²) in [5.41, 5.74) is 0.681. The zero-order valence-electron chi connectivity index (χ0n) is 12.0. The van der Waals surface area contributed by atoms with Gasteiger partial charge in [-0.15, -0.1) is 0 Å². The van der Waals surface area contributed by atoms with E-state index in [1.54, 1.807) is 6.07 Å². The Bertz CT molecular complexity index is 520. The lowest BCUT2D eigenvalue weighted by Crippen LogP contribution is -2.41. The molecule has 6 heteroatoms. The van der Waals surface area contributed by atoms with Crippen molar-refractivity contribution in [3.63, 3.8) is 0 Å². The van der Waals surface area contributed by atoms with Gasteiger partial charge in [-0.25, -0.2) is 9.18 Å². The van der Waals surface area contributed by atoms with Crippen LogP contribution in [0, 0.1) is 11.7 Å². The van der Waals surface area contributed by atoms with E-state index in [4.69, 9.17) is 5.11 Å². The predicted molar refractivity (Wildman–Crippen MR) is 81.4 cm³/mol. The number of carbonyl (C=O) groups excluding carboxylic acids is 1. The van der Waals surface area contributed by atoms with Crippen molar-refractivity contribution in [3.8, 4) is 0 Å². The first-order valence-electron chi connectivity index (χ1n) is 6.75. The third kappa shape index (κ3) is 6.25. The summed E-state index contributed by atoms with van der Waals surface area (Å²) in [7, 11) is 0. The third-order valence-corrected chi connectivity index (χ3v) is 3.74. The number of benzene rings is 1. The molecule has 2 N–H and O–H groups in total. The van der Waals surface area contributed by atoms with Gasteiger partial charge in [-0.1, -0.05) is 29.8 Å². The van der Waals surface area contributed by atoms with Crippen LogP contribution in [0.1, 0.15) is 32.3 Å². The van der Waals surface area contributed by atoms with Crippen LogP contribution >= 0.6 is 15.9 Å². The number of aryl methyl sites for hydroxylation is 1. The molecule has 116 valence electrons. The highest BCUT2D eigenvalue weighted by atomic mass is 79.9. The number of halogens is 2. The van der Waals surface area contributed by atoms with Gasteiger partial charge < -0.3 is 10.4 Å². The molecule has 0 radical (unpaired) electrons. The van der Waals surface area contributed by atoms with Crippen LogP contribution in [-0.4, -0.2) is 23.0 Å². The van der Waals surface area contributed by atoms with Crippen LogP contribution in [0.5, 0.6) is 0 Å². The van der Waals surface area contributed by atoms with Gasteiger partial charge in [0.05, 0.1) is 0 Å². The second-order valence-electron chi connectivity index (χ2n) is 5.32. The molecule has 0 saturated carbocycles. The van der Waals surface area contributed by atoms with Crippen LogP contribution in [0.3, 0.4) is 0 Å². The quantitative estimate of drug-likeness (QED) is 0.785. The van der Waals surface area contributed by atoms with E-state index in [1.165, 1.54) is 12.1 Å². The maximum absolute atomic E-state index is 13.1. The van der Waals surface area contributed by atoms with Crippen LogP contribution < -0.4 is 5.32 Å². The van der Waals surface area contributed by atoms with Gasteiger partial charge in [-0.05, 0) is 42.5 Å². The molecule has 0 unspecified atom stereocenters. The lowest BCUT2D eigenvalue weighted by atomic mass is 10.0. The normalized spacial score (nSPS) is 12.2. The van der Waals surface area contributed by atoms with Gasteiger partial charge in [0.2, 0.25) is 5.91 Å². The standard InChI is InChI=1S/C15H19BrFNO3/c1-9(2)7-13(15(20)21)18-14(19)6-3-10-8-11(17)4-5-12(10)16/h4-5,8-9,13H,3,6-7H2,1-2H3,(H,18,19)(H,20,21)/t13-/m0/s1. The molecule has 1 aromatic carbocycles. The van der Waals surface area contributed by atoms with Crippen molar-refractivity contribution >= 4 is 27.8 Å². The summed E-state index contributed by atoms with van der Waals surface area (Å²) < 4.78 is 13.9. The zero-order chi connectivity index (χ0) is 16.0. The minimum Gasteiger partial charge on any atom is -0.480 e. The Labute approximate surface area is 131 Å². The highest BCUT2D eigenvalue weighted by molar-refractivity contribution is 9.10. The van der Waals surface area contributed by atoms with E-state index in [0.717, 1.165) is 4.47 Å². The minimum atomic E-state index is -1.04. The number of hydrogen-bond acceptors (Lipinski definition) is 2. The molecule has 1 rings (SSSR count). The first-order chi connectivity index (χ1) is 9.79. The molecular weight excluding hydrogens is 341 g/mol. The number of hydrogen-bond donors (Lipinski definition) is 2. The number of carbonyl (C=O) groups is 2. The molecule has 1 atom stereocenters. The van der Waals surface area contributed by atoms with Crippen LogP contribution in [0.2, 0.25) is 0 Å². The fourth-order valence-corrected chi connectivity index (χ4v) is 2.39. The summed E-state index contributed by atoms with van der Waals surface area (Å²) >= 11 is 3.29. The first kappa shape index (κ1) is 17.6. The van der Waals surface area contributed by atoms with Gasteiger partial charge in [-0.3, -0.25) is 4.79 Å². The van der Waals surface area contributed by atoms with Crippen molar-refractivity contribution in [1.29, 1.82) is 0 Å². The molecule has 0 bridgehead atoms. The number of carboxylic acids is 1. The largest absolute Gasteiger partial charge is 0.480 e. The van der Waals surface area contributed by atoms with Gasteiger partial charge in [-0.2, -0.15) is 0 Å². The lowest BCUT2D eigenvalue weighted by Gasteiger charge is -2.16. The number of rotatable bonds is 7. The number of carboxylic acid groups (broad SMARTS) is 1. The molecule has 1 aromatic rings. The highest BCUT2D eigenvalue weighted by Crippen LogP contribution is 2.19. The van der Waals surface area contributed by atoms with Crippen molar-refractivity contribution in [2.24, 2.45) is 5.92 Å². The number of amides is 1. The SMILES string of the molecule is CC(C)C[C@H](NC(=O)CCc1cc(F)ccc1Br)C(=O)O. The second-order valence-corrected chi connectivity index (χ2v) is 6.18. The van der Waals surface area contributed by atoms with Crippen molar-refractivity contribution in [2.45, 2.75) is 39.2 Å². The molecule has 1 amide bonds. The van der Waals surface area contributed by atoms with Crippen molar-refractivity contribution in [2.75, 3.05) is 0 Å². The highest BCUT2D eigenvalue weighted by Gasteiger charge is 2.20. The van der Waals surface area contributed by atoms with Crippen molar-refractivity contribution < 1.29 is 19.1 Å². The monoisotopic (exact) mass is 359 g/mol. The minimum absolute atomic E-state index is 0.115. The topological polar surface area (TPSA) is 66.4 Å². The summed E-state index contributed by atoms with van der Waals surface area (Å²) in [5.74, 6) is -1.58. The van der Waals surface area contributed by atoms with Crippen LogP contribution in [0.25, 0.3) is 0 Å². The first-order valence-corrected chi connectivity index (χ1v) is 7.55. The van der Waals surface area contributed by atoms with E-state index in [2.05, 4.69) is 21.2 Å². The summed E-state index contributed by atoms with van der Waals surface area (Å²) in [6.07, 6.45) is 0.840. The number of aliphatic carboxylic acids is 1. The third-order valence-electron chi connectivity index (χ3n) is 2.97. The van der Waals surface area contributed by atoms with Crippen molar-refractivity contribution in [3.05, 3.63) is 34.1 Å². The Morgan fingerprint density at radius 3 is 2.62 bits per heavy atom. The van der Waals surface area contributed by atoms with Gasteiger partial charge in [0, 0.05) is 10.9 Å². The van der Waals surface area contributed by atoms with Crippen molar-refractivity contribution in [1.82, 2.24) is 5.32 Å². The molecule has 0 aromatic heterocycles. The molecule has 0 saturated heterocycles. The van der Waals surface area contributed by atoms with E-state index in [0.29, 0.717) is 18.4 Å². The summed E-state index contributed by atoms with van der Waals surface area (Å²) in [6, 6.07) is 3.40. The van der Waals surface area contributed by atoms with Gasteiger partial charge in [0.25, 0.3) is 0 Å². The second kappa shape index (κ2) is 8.12. The maximum Gasteiger partial charge on any atom is 0.326 e. The number of nitrogens with one attached hydrogen (secondary N) is 1. The van der Waals surface area contributed by atoms with Crippen LogP contribution in [0.4, 0.5) is 4.39 Å². The van der Waals surface area contributed by atoms with Crippen LogP contribution in [0.15, 0.2) is 22.7 Å². The summed E-state index contributed by atoms with van der Waals surface area (Å²) in [4.78, 5) is 22.9. The molecular formula is C15H19BrFNO3. The van der Waals surface area contributed by atoms with Gasteiger partial charge in [0.15, 0.2) is 0 Å². The molecule has 0 aliphatic heterocycles. The molecule has 0 heterocycles. The van der Waals surface area contributed by atoms with Crippen LogP contribution in [-0.2, 0) is 16.0 Å². The predicted octanol–water partition coefficient (Wildman–Crippen LogP) is 3.14. The average Bonchev–Trinajstić information content (AvgIpc) is 2.38. The van der Waals surface area contributed by atoms with E-state index in [9.17, 15) is 14.0 Å². The maximum atomic E-state index is 13.1. The molecule has 21 heavy (non-hydrogen) atoms. The molecule has 0 spiro atoms. The lowest BCUT2D eigenvalue weighted by molar-refractivity contribution is -0.142. The Kier molecular flexibility index (Phi) is 6.81. The fourth-order valence-electron chi connectivity index (χ4n) is 1.94. The van der Waals surface area contributed by atoms with E-state index in [1.807, 2.05) is 13.8 Å². The zero-order valence-corrected chi connectivity index (χ0v) is 13.6. The molecule has 0 aliphatic rings. The Hall–Kier alpha value is -1.43. The molecule has 0 fully saturated rings. The Balaban J connectivity index is 2.56. The smallest absolute Gasteiger partial charge is 0.326 e. The Morgan fingerprint density at radius 2 is 2.05 bits per heavy atom. The van der Waals surface area contributed by atoms with E-state index < -0.39 is 12.0 Å². The Morgan fingerprint density at radius 1 is 1.38 bits per heavy atom. The van der Waals surface area contributed by atoms with E-state index in [-0.39, 0.29) is 24.1 Å². The molecule has 0 aliphatic carbocycles.